The predicted molar refractivity (Wildman–Crippen MR) is 108 cm³/mol. The van der Waals surface area contributed by atoms with E-state index in [9.17, 15) is 14.7 Å². The number of methoxy groups -OCH3 is 2. The number of aromatic hydroxyl groups is 1. The minimum absolute atomic E-state index is 0.000528. The summed E-state index contributed by atoms with van der Waals surface area (Å²) in [4.78, 5) is 23.6. The molecule has 148 valence electrons. The van der Waals surface area contributed by atoms with Crippen molar-refractivity contribution in [2.45, 2.75) is 6.42 Å². The SMILES string of the molecule is COc1ccc(CCNC(=O)C(=O)N/N=C\c2cc(Br)ccc2O)cc1OC. The van der Waals surface area contributed by atoms with Gasteiger partial charge in [-0.2, -0.15) is 5.10 Å². The number of hydrogen-bond donors (Lipinski definition) is 3. The minimum Gasteiger partial charge on any atom is -0.507 e. The molecule has 2 aromatic carbocycles. The van der Waals surface area contributed by atoms with Gasteiger partial charge in [0.1, 0.15) is 5.75 Å². The lowest BCUT2D eigenvalue weighted by atomic mass is 10.1. The molecule has 0 aliphatic heterocycles. The zero-order valence-corrected chi connectivity index (χ0v) is 16.9. The Balaban J connectivity index is 1.82. The lowest BCUT2D eigenvalue weighted by molar-refractivity contribution is -0.139. The number of hydrazone groups is 1. The highest BCUT2D eigenvalue weighted by Gasteiger charge is 2.12. The molecule has 0 heterocycles. The number of nitrogens with zero attached hydrogens (tertiary/aromatic N) is 1. The second kappa shape index (κ2) is 10.3. The second-order valence-corrected chi connectivity index (χ2v) is 6.51. The zero-order chi connectivity index (χ0) is 20.5. The lowest BCUT2D eigenvalue weighted by Crippen LogP contribution is -2.38. The number of carbonyl (C=O) groups excluding carboxylic acids is 2. The molecule has 0 aromatic heterocycles. The molecule has 0 spiro atoms. The van der Waals surface area contributed by atoms with Crippen molar-refractivity contribution in [3.63, 3.8) is 0 Å². The van der Waals surface area contributed by atoms with Gasteiger partial charge in [-0.3, -0.25) is 9.59 Å². The van der Waals surface area contributed by atoms with E-state index >= 15 is 0 Å². The van der Waals surface area contributed by atoms with Gasteiger partial charge in [-0.15, -0.1) is 0 Å². The van der Waals surface area contributed by atoms with Gasteiger partial charge in [-0.1, -0.05) is 22.0 Å². The lowest BCUT2D eigenvalue weighted by Gasteiger charge is -2.10. The number of phenolic OH excluding ortho intramolecular Hbond substituents is 1. The van der Waals surface area contributed by atoms with E-state index < -0.39 is 11.8 Å². The molecular weight excluding hydrogens is 430 g/mol. The Bertz CT molecular complexity index is 886. The molecule has 0 unspecified atom stereocenters. The average Bonchev–Trinajstić information content (AvgIpc) is 2.70. The summed E-state index contributed by atoms with van der Waals surface area (Å²) in [6.45, 7) is 0.262. The highest BCUT2D eigenvalue weighted by Crippen LogP contribution is 2.27. The molecule has 2 aromatic rings. The molecule has 9 heteroatoms. The van der Waals surface area contributed by atoms with Crippen LogP contribution in [0.5, 0.6) is 17.2 Å². The molecule has 0 atom stereocenters. The summed E-state index contributed by atoms with van der Waals surface area (Å²) in [5.41, 5.74) is 3.43. The summed E-state index contributed by atoms with van der Waals surface area (Å²) in [7, 11) is 3.10. The maximum atomic E-state index is 11.8. The summed E-state index contributed by atoms with van der Waals surface area (Å²) >= 11 is 3.27. The van der Waals surface area contributed by atoms with E-state index in [0.29, 0.717) is 23.5 Å². The first-order chi connectivity index (χ1) is 13.4. The Morgan fingerprint density at radius 1 is 1.11 bits per heavy atom. The summed E-state index contributed by atoms with van der Waals surface area (Å²) in [5.74, 6) is -0.507. The van der Waals surface area contributed by atoms with E-state index in [-0.39, 0.29) is 12.3 Å². The summed E-state index contributed by atoms with van der Waals surface area (Å²) in [5, 5.41) is 15.9. The van der Waals surface area contributed by atoms with Crippen LogP contribution in [0.3, 0.4) is 0 Å². The van der Waals surface area contributed by atoms with Gasteiger partial charge in [0.05, 0.1) is 20.4 Å². The van der Waals surface area contributed by atoms with E-state index in [2.05, 4.69) is 31.8 Å². The van der Waals surface area contributed by atoms with E-state index in [0.717, 1.165) is 10.0 Å². The Hall–Kier alpha value is -3.07. The normalized spacial score (nSPS) is 10.5. The van der Waals surface area contributed by atoms with Gasteiger partial charge in [-0.25, -0.2) is 5.43 Å². The molecule has 0 bridgehead atoms. The van der Waals surface area contributed by atoms with Gasteiger partial charge in [0.15, 0.2) is 11.5 Å². The fourth-order valence-electron chi connectivity index (χ4n) is 2.28. The van der Waals surface area contributed by atoms with Crippen LogP contribution in [0.15, 0.2) is 46.0 Å². The molecule has 2 rings (SSSR count). The Labute approximate surface area is 170 Å². The van der Waals surface area contributed by atoms with Crippen LogP contribution < -0.4 is 20.2 Å². The largest absolute Gasteiger partial charge is 0.507 e. The third-order valence-electron chi connectivity index (χ3n) is 3.71. The molecule has 0 fully saturated rings. The molecule has 0 saturated carbocycles. The molecule has 3 N–H and O–H groups in total. The second-order valence-electron chi connectivity index (χ2n) is 5.60. The summed E-state index contributed by atoms with van der Waals surface area (Å²) in [6, 6.07) is 10.2. The molecule has 2 amide bonds. The first-order valence-corrected chi connectivity index (χ1v) is 9.04. The van der Waals surface area contributed by atoms with Crippen molar-refractivity contribution in [3.8, 4) is 17.2 Å². The number of carbonyl (C=O) groups is 2. The Morgan fingerprint density at radius 2 is 1.86 bits per heavy atom. The molecule has 0 aliphatic rings. The highest BCUT2D eigenvalue weighted by atomic mass is 79.9. The van der Waals surface area contributed by atoms with E-state index in [4.69, 9.17) is 9.47 Å². The van der Waals surface area contributed by atoms with Crippen LogP contribution in [-0.4, -0.2) is 43.9 Å². The van der Waals surface area contributed by atoms with Crippen LogP contribution in [0.25, 0.3) is 0 Å². The first-order valence-electron chi connectivity index (χ1n) is 8.25. The van der Waals surface area contributed by atoms with Crippen LogP contribution in [0.4, 0.5) is 0 Å². The van der Waals surface area contributed by atoms with E-state index in [1.807, 2.05) is 6.07 Å². The smallest absolute Gasteiger partial charge is 0.329 e. The molecular formula is C19H20BrN3O5. The third-order valence-corrected chi connectivity index (χ3v) is 4.21. The molecule has 0 radical (unpaired) electrons. The number of halogens is 1. The van der Waals surface area contributed by atoms with Crippen molar-refractivity contribution in [1.29, 1.82) is 0 Å². The highest BCUT2D eigenvalue weighted by molar-refractivity contribution is 9.10. The average molecular weight is 450 g/mol. The summed E-state index contributed by atoms with van der Waals surface area (Å²) < 4.78 is 11.1. The van der Waals surface area contributed by atoms with Crippen molar-refractivity contribution in [2.24, 2.45) is 5.10 Å². The van der Waals surface area contributed by atoms with Crippen LogP contribution in [0, 0.1) is 0 Å². The van der Waals surface area contributed by atoms with Crippen LogP contribution in [-0.2, 0) is 16.0 Å². The molecule has 0 saturated heterocycles. The van der Waals surface area contributed by atoms with Crippen LogP contribution in [0.2, 0.25) is 0 Å². The Kier molecular flexibility index (Phi) is 7.82. The number of ether oxygens (including phenoxy) is 2. The first kappa shape index (κ1) is 21.2. The maximum Gasteiger partial charge on any atom is 0.329 e. The van der Waals surface area contributed by atoms with Crippen molar-refractivity contribution < 1.29 is 24.2 Å². The van der Waals surface area contributed by atoms with Gasteiger partial charge in [0.25, 0.3) is 0 Å². The number of phenols is 1. The maximum absolute atomic E-state index is 11.8. The third kappa shape index (κ3) is 5.98. The molecule has 8 nitrogen and oxygen atoms in total. The van der Waals surface area contributed by atoms with Gasteiger partial charge in [-0.05, 0) is 42.3 Å². The number of amides is 2. The number of rotatable bonds is 7. The van der Waals surface area contributed by atoms with Gasteiger partial charge < -0.3 is 19.9 Å². The predicted octanol–water partition coefficient (Wildman–Crippen LogP) is 1.98. The fourth-order valence-corrected chi connectivity index (χ4v) is 2.66. The van der Waals surface area contributed by atoms with Gasteiger partial charge in [0, 0.05) is 16.6 Å². The van der Waals surface area contributed by atoms with E-state index in [1.165, 1.54) is 12.3 Å². The quantitative estimate of drug-likeness (QED) is 0.340. The number of benzene rings is 2. The van der Waals surface area contributed by atoms with Crippen molar-refractivity contribution in [1.82, 2.24) is 10.7 Å². The monoisotopic (exact) mass is 449 g/mol. The summed E-state index contributed by atoms with van der Waals surface area (Å²) in [6.07, 6.45) is 1.75. The van der Waals surface area contributed by atoms with Crippen molar-refractivity contribution in [3.05, 3.63) is 52.0 Å². The fraction of sp³-hybridized carbons (Fsp3) is 0.211. The molecule has 0 aliphatic carbocycles. The minimum atomic E-state index is -0.905. The number of nitrogens with one attached hydrogen (secondary N) is 2. The van der Waals surface area contributed by atoms with Crippen molar-refractivity contribution >= 4 is 34.0 Å². The van der Waals surface area contributed by atoms with Crippen LogP contribution in [0.1, 0.15) is 11.1 Å². The topological polar surface area (TPSA) is 109 Å². The van der Waals surface area contributed by atoms with Crippen LogP contribution >= 0.6 is 15.9 Å². The zero-order valence-electron chi connectivity index (χ0n) is 15.4. The Morgan fingerprint density at radius 3 is 2.57 bits per heavy atom. The van der Waals surface area contributed by atoms with Gasteiger partial charge in [0.2, 0.25) is 0 Å². The standard InChI is InChI=1S/C19H20BrN3O5/c1-27-16-6-3-12(9-17(16)28-2)7-8-21-18(25)19(26)23-22-11-13-10-14(20)4-5-15(13)24/h3-6,9-11,24H,7-8H2,1-2H3,(H,21,25)(H,23,26)/b22-11-. The van der Waals surface area contributed by atoms with E-state index in [1.54, 1.807) is 38.5 Å². The van der Waals surface area contributed by atoms with Gasteiger partial charge >= 0.3 is 11.8 Å². The van der Waals surface area contributed by atoms with Crippen molar-refractivity contribution in [2.75, 3.05) is 20.8 Å². The number of hydrogen-bond acceptors (Lipinski definition) is 6. The molecule has 28 heavy (non-hydrogen) atoms.